The van der Waals surface area contributed by atoms with Crippen LogP contribution in [-0.2, 0) is 16.1 Å². The zero-order chi connectivity index (χ0) is 21.3. The van der Waals surface area contributed by atoms with Crippen LogP contribution in [0.25, 0.3) is 16.5 Å². The van der Waals surface area contributed by atoms with Gasteiger partial charge >= 0.3 is 0 Å². The number of benzene rings is 2. The molecule has 30 heavy (non-hydrogen) atoms. The zero-order valence-corrected chi connectivity index (χ0v) is 17.5. The molecule has 1 aliphatic heterocycles. The van der Waals surface area contributed by atoms with Crippen molar-refractivity contribution in [2.24, 2.45) is 0 Å². The van der Waals surface area contributed by atoms with Gasteiger partial charge in [0.1, 0.15) is 5.70 Å². The van der Waals surface area contributed by atoms with Crippen LogP contribution in [0.2, 0.25) is 0 Å². The maximum Gasteiger partial charge on any atom is 0.275 e. The van der Waals surface area contributed by atoms with Crippen molar-refractivity contribution in [3.05, 3.63) is 71.6 Å². The van der Waals surface area contributed by atoms with Crippen LogP contribution in [0, 0.1) is 6.92 Å². The fourth-order valence-corrected chi connectivity index (χ4v) is 3.89. The Balaban J connectivity index is 1.79. The first-order valence-electron chi connectivity index (χ1n) is 10.1. The molecule has 2 N–H and O–H groups in total. The first-order chi connectivity index (χ1) is 14.4. The Morgan fingerprint density at radius 3 is 2.60 bits per heavy atom. The van der Waals surface area contributed by atoms with Crippen LogP contribution in [0.4, 0.5) is 5.69 Å². The molecule has 2 amide bonds. The van der Waals surface area contributed by atoms with E-state index in [0.717, 1.165) is 47.2 Å². The van der Waals surface area contributed by atoms with Gasteiger partial charge in [-0.15, -0.1) is 0 Å². The van der Waals surface area contributed by atoms with Crippen molar-refractivity contribution in [2.75, 3.05) is 26.0 Å². The summed E-state index contributed by atoms with van der Waals surface area (Å²) in [5.41, 5.74) is 4.37. The highest BCUT2D eigenvalue weighted by atomic mass is 16.2. The van der Waals surface area contributed by atoms with Crippen molar-refractivity contribution in [1.82, 2.24) is 14.8 Å². The smallest absolute Gasteiger partial charge is 0.275 e. The number of carbonyl (C=O) groups is 2. The second kappa shape index (κ2) is 8.16. The van der Waals surface area contributed by atoms with E-state index in [1.54, 1.807) is 0 Å². The highest BCUT2D eigenvalue weighted by Crippen LogP contribution is 2.32. The molecular formula is C24H26N4O2. The highest BCUT2D eigenvalue weighted by Gasteiger charge is 2.33. The Morgan fingerprint density at radius 1 is 1.03 bits per heavy atom. The Hall–Kier alpha value is -3.38. The highest BCUT2D eigenvalue weighted by molar-refractivity contribution is 6.38. The predicted molar refractivity (Wildman–Crippen MR) is 120 cm³/mol. The molecule has 0 aliphatic carbocycles. The molecule has 1 aromatic heterocycles. The molecular weight excluding hydrogens is 376 g/mol. The van der Waals surface area contributed by atoms with E-state index in [4.69, 9.17) is 0 Å². The van der Waals surface area contributed by atoms with Gasteiger partial charge in [-0.05, 0) is 57.7 Å². The van der Waals surface area contributed by atoms with Gasteiger partial charge in [0.2, 0.25) is 0 Å². The third kappa shape index (κ3) is 3.86. The zero-order valence-electron chi connectivity index (χ0n) is 17.5. The molecule has 6 nitrogen and oxygen atoms in total. The van der Waals surface area contributed by atoms with E-state index in [9.17, 15) is 9.59 Å². The first-order valence-corrected chi connectivity index (χ1v) is 10.1. The Labute approximate surface area is 176 Å². The topological polar surface area (TPSA) is 66.4 Å². The van der Waals surface area contributed by atoms with E-state index >= 15 is 0 Å². The molecule has 4 rings (SSSR count). The van der Waals surface area contributed by atoms with Crippen LogP contribution in [-0.4, -0.2) is 41.9 Å². The molecule has 154 valence electrons. The molecule has 2 aromatic carbocycles. The number of nitrogens with zero attached hydrogens (tertiary/aromatic N) is 2. The summed E-state index contributed by atoms with van der Waals surface area (Å²) in [5.74, 6) is -0.771. The number of imide groups is 1. The summed E-state index contributed by atoms with van der Waals surface area (Å²) in [6.07, 6.45) is 2.98. The van der Waals surface area contributed by atoms with Crippen molar-refractivity contribution >= 4 is 34.0 Å². The summed E-state index contributed by atoms with van der Waals surface area (Å²) >= 11 is 0. The van der Waals surface area contributed by atoms with Gasteiger partial charge in [-0.3, -0.25) is 14.9 Å². The number of fused-ring (bicyclic) bond motifs is 1. The standard InChI is InChI=1S/C24H26N4O2/c1-16-8-6-9-17(14-16)25-22-21(23(29)26-24(22)30)19-15-28(13-7-12-27(2)3)20-11-5-4-10-18(19)20/h4-6,8-11,14-15H,7,12-13H2,1-3H3,(H2,25,26,29,30). The summed E-state index contributed by atoms with van der Waals surface area (Å²) in [5, 5.41) is 6.59. The molecule has 0 radical (unpaired) electrons. The maximum absolute atomic E-state index is 12.8. The van der Waals surface area contributed by atoms with Gasteiger partial charge in [-0.2, -0.15) is 0 Å². The van der Waals surface area contributed by atoms with Crippen LogP contribution in [0.3, 0.4) is 0 Å². The molecule has 0 atom stereocenters. The largest absolute Gasteiger partial charge is 0.350 e. The summed E-state index contributed by atoms with van der Waals surface area (Å²) < 4.78 is 2.17. The number of carbonyl (C=O) groups excluding carboxylic acids is 2. The van der Waals surface area contributed by atoms with Gasteiger partial charge in [-0.25, -0.2) is 0 Å². The maximum atomic E-state index is 12.8. The molecule has 0 saturated heterocycles. The predicted octanol–water partition coefficient (Wildman–Crippen LogP) is 3.38. The molecule has 0 spiro atoms. The van der Waals surface area contributed by atoms with E-state index in [1.165, 1.54) is 0 Å². The lowest BCUT2D eigenvalue weighted by Gasteiger charge is -2.10. The minimum atomic E-state index is -0.402. The van der Waals surface area contributed by atoms with Gasteiger partial charge in [0.15, 0.2) is 0 Å². The lowest BCUT2D eigenvalue weighted by Crippen LogP contribution is -2.24. The molecule has 0 unspecified atom stereocenters. The van der Waals surface area contributed by atoms with Gasteiger partial charge in [-0.1, -0.05) is 30.3 Å². The third-order valence-corrected chi connectivity index (χ3v) is 5.28. The van der Waals surface area contributed by atoms with Crippen molar-refractivity contribution in [3.8, 4) is 0 Å². The number of amides is 2. The number of anilines is 1. The lowest BCUT2D eigenvalue weighted by molar-refractivity contribution is -0.123. The van der Waals surface area contributed by atoms with Crippen LogP contribution < -0.4 is 10.6 Å². The fourth-order valence-electron chi connectivity index (χ4n) is 3.89. The van der Waals surface area contributed by atoms with Crippen molar-refractivity contribution in [3.63, 3.8) is 0 Å². The number of aryl methyl sites for hydroxylation is 2. The molecule has 0 fully saturated rings. The van der Waals surface area contributed by atoms with Gasteiger partial charge in [0, 0.05) is 34.9 Å². The average Bonchev–Trinajstić information content (AvgIpc) is 3.18. The first kappa shape index (κ1) is 19.9. The number of hydrogen-bond acceptors (Lipinski definition) is 4. The van der Waals surface area contributed by atoms with Crippen molar-refractivity contribution in [2.45, 2.75) is 19.9 Å². The van der Waals surface area contributed by atoms with Gasteiger partial charge < -0.3 is 14.8 Å². The normalized spacial score (nSPS) is 14.1. The van der Waals surface area contributed by atoms with E-state index in [2.05, 4.69) is 40.3 Å². The summed E-state index contributed by atoms with van der Waals surface area (Å²) in [7, 11) is 4.11. The second-order valence-electron chi connectivity index (χ2n) is 7.94. The third-order valence-electron chi connectivity index (χ3n) is 5.28. The van der Waals surface area contributed by atoms with Gasteiger partial charge in [0.05, 0.1) is 5.57 Å². The minimum absolute atomic E-state index is 0.293. The second-order valence-corrected chi connectivity index (χ2v) is 7.94. The Kier molecular flexibility index (Phi) is 5.42. The molecule has 6 heteroatoms. The number of rotatable bonds is 7. The molecule has 0 saturated carbocycles. The van der Waals surface area contributed by atoms with E-state index in [0.29, 0.717) is 11.3 Å². The van der Waals surface area contributed by atoms with E-state index in [-0.39, 0.29) is 5.91 Å². The lowest BCUT2D eigenvalue weighted by atomic mass is 10.0. The quantitative estimate of drug-likeness (QED) is 0.595. The molecule has 0 bridgehead atoms. The SMILES string of the molecule is Cc1cccc(NC2=C(c3cn(CCCN(C)C)c4ccccc34)C(=O)NC2=O)c1. The van der Waals surface area contributed by atoms with Crippen LogP contribution in [0.15, 0.2) is 60.4 Å². The van der Waals surface area contributed by atoms with Crippen LogP contribution in [0.1, 0.15) is 17.5 Å². The number of nitrogens with one attached hydrogen (secondary N) is 2. The van der Waals surface area contributed by atoms with Crippen molar-refractivity contribution in [1.29, 1.82) is 0 Å². The molecule has 1 aliphatic rings. The van der Waals surface area contributed by atoms with Gasteiger partial charge in [0.25, 0.3) is 11.8 Å². The fraction of sp³-hybridized carbons (Fsp3) is 0.250. The Bertz CT molecular complexity index is 1160. The Morgan fingerprint density at radius 2 is 1.83 bits per heavy atom. The molecule has 2 heterocycles. The number of aromatic nitrogens is 1. The average molecular weight is 402 g/mol. The minimum Gasteiger partial charge on any atom is -0.350 e. The van der Waals surface area contributed by atoms with E-state index in [1.807, 2.05) is 55.6 Å². The summed E-state index contributed by atoms with van der Waals surface area (Å²) in [4.78, 5) is 27.5. The summed E-state index contributed by atoms with van der Waals surface area (Å²) in [6, 6.07) is 15.7. The summed E-state index contributed by atoms with van der Waals surface area (Å²) in [6.45, 7) is 3.80. The monoisotopic (exact) mass is 402 g/mol. The number of para-hydroxylation sites is 1. The van der Waals surface area contributed by atoms with E-state index < -0.39 is 5.91 Å². The van der Waals surface area contributed by atoms with Crippen LogP contribution >= 0.6 is 0 Å². The number of hydrogen-bond donors (Lipinski definition) is 2. The molecule has 3 aromatic rings. The van der Waals surface area contributed by atoms with Crippen molar-refractivity contribution < 1.29 is 9.59 Å². The van der Waals surface area contributed by atoms with Crippen LogP contribution in [0.5, 0.6) is 0 Å².